The number of methoxy groups -OCH3 is 1. The molecule has 1 aliphatic heterocycles. The summed E-state index contributed by atoms with van der Waals surface area (Å²) >= 11 is 0. The molecule has 0 aromatic heterocycles. The molecule has 6 nitrogen and oxygen atoms in total. The quantitative estimate of drug-likeness (QED) is 0.718. The topological polar surface area (TPSA) is 67.9 Å². The third-order valence-corrected chi connectivity index (χ3v) is 4.96. The van der Waals surface area contributed by atoms with E-state index in [1.807, 2.05) is 42.2 Å². The van der Waals surface area contributed by atoms with Gasteiger partial charge in [0.2, 0.25) is 11.8 Å². The van der Waals surface area contributed by atoms with Crippen molar-refractivity contribution >= 4 is 11.8 Å². The number of ether oxygens (including phenoxy) is 2. The van der Waals surface area contributed by atoms with Crippen LogP contribution in [0.1, 0.15) is 38.7 Å². The molecule has 1 aromatic rings. The molecule has 1 heterocycles. The van der Waals surface area contributed by atoms with Crippen LogP contribution in [-0.4, -0.2) is 55.7 Å². The van der Waals surface area contributed by atoms with Crippen molar-refractivity contribution in [2.24, 2.45) is 5.92 Å². The predicted octanol–water partition coefficient (Wildman–Crippen LogP) is 2.37. The first-order valence-corrected chi connectivity index (χ1v) is 9.77. The molecule has 1 saturated heterocycles. The molecule has 0 aliphatic carbocycles. The van der Waals surface area contributed by atoms with Crippen LogP contribution in [0.2, 0.25) is 0 Å². The number of nitrogens with zero attached hydrogens (tertiary/aromatic N) is 1. The Morgan fingerprint density at radius 1 is 1.30 bits per heavy atom. The number of hydrogen-bond acceptors (Lipinski definition) is 4. The Bertz CT molecular complexity index is 591. The molecule has 3 unspecified atom stereocenters. The largest absolute Gasteiger partial charge is 0.384 e. The van der Waals surface area contributed by atoms with Gasteiger partial charge >= 0.3 is 0 Å². The first-order valence-electron chi connectivity index (χ1n) is 9.77. The van der Waals surface area contributed by atoms with Gasteiger partial charge in [-0.05, 0) is 31.2 Å². The predicted molar refractivity (Wildman–Crippen MR) is 104 cm³/mol. The lowest BCUT2D eigenvalue weighted by Gasteiger charge is -2.36. The maximum absolute atomic E-state index is 13.1. The van der Waals surface area contributed by atoms with Gasteiger partial charge in [-0.1, -0.05) is 37.3 Å². The highest BCUT2D eigenvalue weighted by atomic mass is 16.5. The van der Waals surface area contributed by atoms with Crippen LogP contribution in [-0.2, 0) is 25.7 Å². The van der Waals surface area contributed by atoms with Crippen molar-refractivity contribution in [1.82, 2.24) is 10.2 Å². The fourth-order valence-corrected chi connectivity index (χ4v) is 3.39. The molecule has 3 atom stereocenters. The van der Waals surface area contributed by atoms with E-state index in [0.717, 1.165) is 18.4 Å². The van der Waals surface area contributed by atoms with Crippen LogP contribution in [0.5, 0.6) is 0 Å². The van der Waals surface area contributed by atoms with Gasteiger partial charge in [-0.25, -0.2) is 0 Å². The molecule has 2 amide bonds. The van der Waals surface area contributed by atoms with E-state index in [-0.39, 0.29) is 11.8 Å². The molecule has 0 spiro atoms. The van der Waals surface area contributed by atoms with E-state index in [1.165, 1.54) is 0 Å². The third kappa shape index (κ3) is 6.63. The second kappa shape index (κ2) is 11.0. The summed E-state index contributed by atoms with van der Waals surface area (Å²) in [5.74, 6) is 0.128. The lowest BCUT2D eigenvalue weighted by molar-refractivity contribution is -0.143. The van der Waals surface area contributed by atoms with Crippen LogP contribution in [0.15, 0.2) is 30.3 Å². The maximum Gasteiger partial charge on any atom is 0.247 e. The number of amides is 2. The van der Waals surface area contributed by atoms with Crippen LogP contribution in [0.25, 0.3) is 0 Å². The van der Waals surface area contributed by atoms with Gasteiger partial charge in [-0.15, -0.1) is 0 Å². The Balaban J connectivity index is 2.02. The van der Waals surface area contributed by atoms with E-state index < -0.39 is 12.1 Å². The number of carbonyl (C=O) groups is 2. The molecule has 0 bridgehead atoms. The summed E-state index contributed by atoms with van der Waals surface area (Å²) in [6.45, 7) is 6.05. The van der Waals surface area contributed by atoms with Gasteiger partial charge in [-0.3, -0.25) is 9.59 Å². The van der Waals surface area contributed by atoms with E-state index in [2.05, 4.69) is 5.32 Å². The fourth-order valence-electron chi connectivity index (χ4n) is 3.39. The summed E-state index contributed by atoms with van der Waals surface area (Å²) < 4.78 is 11.2. The van der Waals surface area contributed by atoms with Crippen molar-refractivity contribution in [2.75, 3.05) is 26.8 Å². The minimum absolute atomic E-state index is 0.0711. The average Bonchev–Trinajstić information content (AvgIpc) is 2.70. The minimum Gasteiger partial charge on any atom is -0.384 e. The number of rotatable bonds is 9. The molecule has 1 aliphatic rings. The highest BCUT2D eigenvalue weighted by Gasteiger charge is 2.33. The van der Waals surface area contributed by atoms with E-state index in [4.69, 9.17) is 9.47 Å². The third-order valence-electron chi connectivity index (χ3n) is 4.96. The van der Waals surface area contributed by atoms with E-state index in [0.29, 0.717) is 38.6 Å². The molecule has 1 aromatic carbocycles. The van der Waals surface area contributed by atoms with Gasteiger partial charge in [0, 0.05) is 26.6 Å². The van der Waals surface area contributed by atoms with Gasteiger partial charge in [0.25, 0.3) is 0 Å². The Hall–Kier alpha value is -1.92. The van der Waals surface area contributed by atoms with Crippen LogP contribution in [0.3, 0.4) is 0 Å². The minimum atomic E-state index is -0.678. The molecule has 2 rings (SSSR count). The molecule has 1 fully saturated rings. The van der Waals surface area contributed by atoms with Crippen molar-refractivity contribution in [3.05, 3.63) is 35.9 Å². The monoisotopic (exact) mass is 376 g/mol. The van der Waals surface area contributed by atoms with Gasteiger partial charge in [0.15, 0.2) is 0 Å². The van der Waals surface area contributed by atoms with Crippen LogP contribution < -0.4 is 5.32 Å². The summed E-state index contributed by atoms with van der Waals surface area (Å²) in [6.07, 6.45) is 1.93. The molecule has 0 saturated carbocycles. The van der Waals surface area contributed by atoms with E-state index in [1.54, 1.807) is 14.0 Å². The van der Waals surface area contributed by atoms with Crippen LogP contribution >= 0.6 is 0 Å². The van der Waals surface area contributed by atoms with Crippen molar-refractivity contribution < 1.29 is 19.1 Å². The first-order chi connectivity index (χ1) is 13.0. The highest BCUT2D eigenvalue weighted by Crippen LogP contribution is 2.19. The second-order valence-corrected chi connectivity index (χ2v) is 7.15. The Morgan fingerprint density at radius 2 is 2.04 bits per heavy atom. The van der Waals surface area contributed by atoms with Crippen molar-refractivity contribution in [3.63, 3.8) is 0 Å². The lowest BCUT2D eigenvalue weighted by atomic mass is 9.97. The van der Waals surface area contributed by atoms with Gasteiger partial charge in [0.1, 0.15) is 6.04 Å². The smallest absolute Gasteiger partial charge is 0.247 e. The fraction of sp³-hybridized carbons (Fsp3) is 0.619. The summed E-state index contributed by atoms with van der Waals surface area (Å²) in [5.41, 5.74) is 1.04. The van der Waals surface area contributed by atoms with Gasteiger partial charge < -0.3 is 19.7 Å². The van der Waals surface area contributed by atoms with Gasteiger partial charge in [-0.2, -0.15) is 0 Å². The summed E-state index contributed by atoms with van der Waals surface area (Å²) in [4.78, 5) is 27.0. The Labute approximate surface area is 162 Å². The van der Waals surface area contributed by atoms with Crippen molar-refractivity contribution in [3.8, 4) is 0 Å². The van der Waals surface area contributed by atoms with Crippen molar-refractivity contribution in [2.45, 2.75) is 51.9 Å². The summed E-state index contributed by atoms with van der Waals surface area (Å²) in [7, 11) is 1.69. The number of carbonyl (C=O) groups excluding carboxylic acids is 2. The number of benzene rings is 1. The molecular weight excluding hydrogens is 344 g/mol. The second-order valence-electron chi connectivity index (χ2n) is 7.15. The normalized spacial score (nSPS) is 19.4. The van der Waals surface area contributed by atoms with E-state index >= 15 is 0 Å². The zero-order chi connectivity index (χ0) is 19.6. The lowest BCUT2D eigenvalue weighted by Crippen LogP contribution is -2.56. The molecule has 0 radical (unpaired) electrons. The van der Waals surface area contributed by atoms with Crippen LogP contribution in [0, 0.1) is 5.92 Å². The molecule has 6 heteroatoms. The summed E-state index contributed by atoms with van der Waals surface area (Å²) in [6, 6.07) is 9.14. The Morgan fingerprint density at radius 3 is 2.70 bits per heavy atom. The first kappa shape index (κ1) is 21.4. The number of hydrogen-bond donors (Lipinski definition) is 1. The molecule has 1 N–H and O–H groups in total. The van der Waals surface area contributed by atoms with E-state index in [9.17, 15) is 9.59 Å². The zero-order valence-electron chi connectivity index (χ0n) is 16.6. The zero-order valence-corrected chi connectivity index (χ0v) is 16.6. The molecule has 150 valence electrons. The SMILES string of the molecule is CCC(=O)NC(C(=O)N1CCCC(COC)C1)C(C)OCc1ccccc1. The Kier molecular flexibility index (Phi) is 8.75. The number of nitrogens with one attached hydrogen (secondary N) is 1. The van der Waals surface area contributed by atoms with Gasteiger partial charge in [0.05, 0.1) is 19.3 Å². The molecular formula is C21H32N2O4. The molecule has 27 heavy (non-hydrogen) atoms. The van der Waals surface area contributed by atoms with Crippen molar-refractivity contribution in [1.29, 1.82) is 0 Å². The number of piperidine rings is 1. The average molecular weight is 376 g/mol. The maximum atomic E-state index is 13.1. The standard InChI is InChI=1S/C21H32N2O4/c1-4-19(24)22-20(16(2)27-15-17-9-6-5-7-10-17)21(25)23-12-8-11-18(13-23)14-26-3/h5-7,9-10,16,18,20H,4,8,11-15H2,1-3H3,(H,22,24). The number of likely N-dealkylation sites (tertiary alicyclic amines) is 1. The summed E-state index contributed by atoms with van der Waals surface area (Å²) in [5, 5.41) is 2.86. The van der Waals surface area contributed by atoms with Crippen LogP contribution in [0.4, 0.5) is 0 Å². The highest BCUT2D eigenvalue weighted by molar-refractivity contribution is 5.88.